The molecule has 290 valence electrons. The van der Waals surface area contributed by atoms with Crippen LogP contribution in [0.2, 0.25) is 0 Å². The van der Waals surface area contributed by atoms with E-state index in [0.29, 0.717) is 11.5 Å². The summed E-state index contributed by atoms with van der Waals surface area (Å²) in [6.45, 7) is 19.2. The molecule has 1 N–H and O–H groups in total. The monoisotopic (exact) mass is 736 g/mol. The summed E-state index contributed by atoms with van der Waals surface area (Å²) >= 11 is 0. The molecule has 0 amide bonds. The maximum absolute atomic E-state index is 12.4. The Morgan fingerprint density at radius 3 is 1.50 bits per heavy atom. The number of carbonyl (C=O) groups is 2. The van der Waals surface area contributed by atoms with Gasteiger partial charge in [0.1, 0.15) is 35.2 Å². The number of hydrogen-bond acceptors (Lipinski definition) is 7. The van der Waals surface area contributed by atoms with Crippen LogP contribution in [0.25, 0.3) is 0 Å². The zero-order valence-electron chi connectivity index (χ0n) is 34.0. The number of phenols is 1. The van der Waals surface area contributed by atoms with E-state index in [0.717, 1.165) is 48.8 Å². The Morgan fingerprint density at radius 1 is 0.593 bits per heavy atom. The summed E-state index contributed by atoms with van der Waals surface area (Å²) in [5, 5.41) is 10.1. The molecule has 7 heteroatoms. The second kappa shape index (κ2) is 17.1. The summed E-state index contributed by atoms with van der Waals surface area (Å²) in [7, 11) is 1.69. The molecule has 0 fully saturated rings. The van der Waals surface area contributed by atoms with E-state index in [-0.39, 0.29) is 40.6 Å². The highest BCUT2D eigenvalue weighted by Crippen LogP contribution is 2.52. The minimum absolute atomic E-state index is 0.0169. The molecule has 0 heterocycles. The van der Waals surface area contributed by atoms with Crippen molar-refractivity contribution >= 4 is 12.3 Å². The predicted octanol–water partition coefficient (Wildman–Crippen LogP) is 10.4. The van der Waals surface area contributed by atoms with Crippen molar-refractivity contribution in [2.24, 2.45) is 0 Å². The maximum Gasteiger partial charge on any atom is 0.344 e. The summed E-state index contributed by atoms with van der Waals surface area (Å²) < 4.78 is 22.5. The molecule has 4 aromatic carbocycles. The number of carbonyl (C=O) groups excluding carboxylic acids is 2. The average Bonchev–Trinajstić information content (AvgIpc) is 3.12. The Morgan fingerprint density at radius 2 is 1.02 bits per heavy atom. The summed E-state index contributed by atoms with van der Waals surface area (Å²) in [4.78, 5) is 23.3. The third-order valence-electron chi connectivity index (χ3n) is 10.8. The van der Waals surface area contributed by atoms with Crippen LogP contribution in [-0.4, -0.2) is 43.3 Å². The van der Waals surface area contributed by atoms with Crippen LogP contribution in [0, 0.1) is 0 Å². The molecular weight excluding hydrogens is 677 g/mol. The third kappa shape index (κ3) is 10.9. The van der Waals surface area contributed by atoms with Gasteiger partial charge in [-0.3, -0.25) is 4.79 Å². The van der Waals surface area contributed by atoms with Gasteiger partial charge in [0.15, 0.2) is 12.9 Å². The lowest BCUT2D eigenvalue weighted by atomic mass is 9.56. The van der Waals surface area contributed by atoms with Crippen molar-refractivity contribution in [3.8, 4) is 23.0 Å². The lowest BCUT2D eigenvalue weighted by Crippen LogP contribution is -2.42. The van der Waals surface area contributed by atoms with Crippen molar-refractivity contribution < 1.29 is 33.6 Å². The fourth-order valence-electron chi connectivity index (χ4n) is 8.22. The first kappa shape index (κ1) is 42.0. The molecule has 3 atom stereocenters. The first-order valence-corrected chi connectivity index (χ1v) is 18.9. The summed E-state index contributed by atoms with van der Waals surface area (Å²) in [6, 6.07) is 32.3. The fourth-order valence-corrected chi connectivity index (χ4v) is 8.22. The first-order chi connectivity index (χ1) is 25.3. The molecule has 0 aliphatic carbocycles. The molecule has 3 unspecified atom stereocenters. The minimum Gasteiger partial charge on any atom is -0.508 e. The van der Waals surface area contributed by atoms with Crippen LogP contribution < -0.4 is 14.2 Å². The number of rotatable bonds is 18. The van der Waals surface area contributed by atoms with E-state index >= 15 is 0 Å². The molecule has 4 aromatic rings. The highest BCUT2D eigenvalue weighted by molar-refractivity contribution is 5.71. The molecule has 0 aromatic heterocycles. The lowest BCUT2D eigenvalue weighted by Gasteiger charge is -2.47. The molecule has 0 saturated heterocycles. The Balaban J connectivity index is 1.80. The van der Waals surface area contributed by atoms with Crippen molar-refractivity contribution in [3.63, 3.8) is 0 Å². The van der Waals surface area contributed by atoms with Crippen LogP contribution in [0.5, 0.6) is 23.0 Å². The topological polar surface area (TPSA) is 91.3 Å². The Hall–Kier alpha value is -4.78. The molecule has 0 saturated carbocycles. The largest absolute Gasteiger partial charge is 0.508 e. The second-order valence-corrected chi connectivity index (χ2v) is 17.1. The van der Waals surface area contributed by atoms with Gasteiger partial charge >= 0.3 is 5.97 Å². The molecule has 0 radical (unpaired) electrons. The quantitative estimate of drug-likeness (QED) is 0.0803. The average molecular weight is 737 g/mol. The SMILES string of the molecule is CCC(C)(CC(C)(CC(C)(CC(C)(C)c1ccc(OCC=O)cc1)c1ccc(OCC(=O)OC(C)(C)C)cc1)c1ccc(OC)cc1)c1ccc(O)cc1. The third-order valence-corrected chi connectivity index (χ3v) is 10.8. The van der Waals surface area contributed by atoms with Gasteiger partial charge in [0.25, 0.3) is 0 Å². The zero-order chi connectivity index (χ0) is 39.8. The van der Waals surface area contributed by atoms with Crippen LogP contribution in [0.3, 0.4) is 0 Å². The van der Waals surface area contributed by atoms with Gasteiger partial charge in [-0.15, -0.1) is 0 Å². The highest BCUT2D eigenvalue weighted by Gasteiger charge is 2.45. The highest BCUT2D eigenvalue weighted by atomic mass is 16.6. The zero-order valence-corrected chi connectivity index (χ0v) is 34.0. The van der Waals surface area contributed by atoms with Gasteiger partial charge in [0, 0.05) is 0 Å². The summed E-state index contributed by atoms with van der Waals surface area (Å²) in [5.74, 6) is 1.91. The van der Waals surface area contributed by atoms with Crippen molar-refractivity contribution in [2.75, 3.05) is 20.3 Å². The van der Waals surface area contributed by atoms with E-state index in [1.165, 1.54) is 11.1 Å². The minimum atomic E-state index is -0.589. The molecule has 4 rings (SSSR count). The Labute approximate surface area is 323 Å². The van der Waals surface area contributed by atoms with E-state index < -0.39 is 11.6 Å². The van der Waals surface area contributed by atoms with Crippen LogP contribution in [0.1, 0.15) is 110 Å². The van der Waals surface area contributed by atoms with Crippen molar-refractivity contribution in [1.29, 1.82) is 0 Å². The van der Waals surface area contributed by atoms with E-state index in [9.17, 15) is 14.7 Å². The predicted molar refractivity (Wildman–Crippen MR) is 216 cm³/mol. The van der Waals surface area contributed by atoms with Gasteiger partial charge in [0.2, 0.25) is 0 Å². The number of aromatic hydroxyl groups is 1. The van der Waals surface area contributed by atoms with Crippen LogP contribution in [-0.2, 0) is 36.0 Å². The van der Waals surface area contributed by atoms with Crippen LogP contribution in [0.4, 0.5) is 0 Å². The number of benzene rings is 4. The fraction of sp³-hybridized carbons (Fsp3) is 0.447. The molecule has 0 aliphatic heterocycles. The van der Waals surface area contributed by atoms with E-state index in [2.05, 4.69) is 77.9 Å². The number of ether oxygens (including phenoxy) is 4. The maximum atomic E-state index is 12.4. The van der Waals surface area contributed by atoms with E-state index in [1.807, 2.05) is 69.3 Å². The first-order valence-electron chi connectivity index (χ1n) is 18.9. The van der Waals surface area contributed by atoms with Crippen molar-refractivity contribution in [2.45, 2.75) is 115 Å². The van der Waals surface area contributed by atoms with Gasteiger partial charge in [-0.1, -0.05) is 90.1 Å². The standard InChI is InChI=1S/C47H60O7/c1-11-45(7,35-12-20-38(49)21-13-35)32-47(9,37-16-22-39(51-10)23-17-37)33-46(8,31-44(5,6)34-14-24-40(25-15-34)52-29-28-48)36-18-26-41(27-19-36)53-30-42(50)54-43(2,3)4/h12-28,49H,11,29-33H2,1-10H3. The number of aldehydes is 1. The van der Waals surface area contributed by atoms with Gasteiger partial charge in [-0.2, -0.15) is 0 Å². The van der Waals surface area contributed by atoms with Crippen molar-refractivity contribution in [3.05, 3.63) is 119 Å². The Bertz CT molecular complexity index is 1800. The van der Waals surface area contributed by atoms with E-state index in [4.69, 9.17) is 18.9 Å². The smallest absolute Gasteiger partial charge is 0.344 e. The number of esters is 1. The van der Waals surface area contributed by atoms with Gasteiger partial charge in [-0.25, -0.2) is 4.79 Å². The van der Waals surface area contributed by atoms with Gasteiger partial charge < -0.3 is 24.1 Å². The number of phenolic OH excluding ortho intramolecular Hbond substituents is 1. The molecule has 7 nitrogen and oxygen atoms in total. The summed E-state index contributed by atoms with van der Waals surface area (Å²) in [6.07, 6.45) is 4.13. The second-order valence-electron chi connectivity index (χ2n) is 17.1. The molecule has 0 spiro atoms. The molecular formula is C47H60O7. The normalized spacial score (nSPS) is 15.2. The molecule has 54 heavy (non-hydrogen) atoms. The number of methoxy groups -OCH3 is 1. The van der Waals surface area contributed by atoms with Crippen LogP contribution >= 0.6 is 0 Å². The van der Waals surface area contributed by atoms with Gasteiger partial charge in [-0.05, 0) is 139 Å². The lowest BCUT2D eigenvalue weighted by molar-refractivity contribution is -0.157. The molecule has 0 bridgehead atoms. The van der Waals surface area contributed by atoms with E-state index in [1.54, 1.807) is 19.2 Å². The molecule has 0 aliphatic rings. The Kier molecular flexibility index (Phi) is 13.3. The number of hydrogen-bond donors (Lipinski definition) is 1. The van der Waals surface area contributed by atoms with Crippen molar-refractivity contribution in [1.82, 2.24) is 0 Å². The summed E-state index contributed by atoms with van der Waals surface area (Å²) in [5.41, 5.74) is 3.00. The van der Waals surface area contributed by atoms with Crippen LogP contribution in [0.15, 0.2) is 97.1 Å². The van der Waals surface area contributed by atoms with Gasteiger partial charge in [0.05, 0.1) is 7.11 Å².